The van der Waals surface area contributed by atoms with E-state index in [1.165, 1.54) is 12.8 Å². The summed E-state index contributed by atoms with van der Waals surface area (Å²) in [6.07, 6.45) is 8.22. The molecule has 12 heavy (non-hydrogen) atoms. The lowest BCUT2D eigenvalue weighted by Gasteiger charge is -2.13. The average Bonchev–Trinajstić information content (AvgIpc) is 2.06. The number of hydrogen-bond acceptors (Lipinski definition) is 2. The Hall–Kier alpha value is -1.50. The maximum Gasteiger partial charge on any atom is 0.206 e. The molecule has 1 aliphatic rings. The van der Waals surface area contributed by atoms with Crippen LogP contribution in [-0.2, 0) is 0 Å². The zero-order valence-corrected chi connectivity index (χ0v) is 6.85. The number of nitrogens with zero attached hydrogens (tertiary/aromatic N) is 1. The second-order valence-electron chi connectivity index (χ2n) is 2.71. The van der Waals surface area contributed by atoms with Gasteiger partial charge < -0.3 is 5.32 Å². The molecular weight excluding hydrogens is 152 g/mol. The fourth-order valence-corrected chi connectivity index (χ4v) is 1.20. The molecule has 0 unspecified atom stereocenters. The van der Waals surface area contributed by atoms with Gasteiger partial charge in [0, 0.05) is 5.70 Å². The van der Waals surface area contributed by atoms with Crippen molar-refractivity contribution in [3.8, 4) is 6.19 Å². The van der Waals surface area contributed by atoms with Crippen molar-refractivity contribution in [3.05, 3.63) is 11.8 Å². The zero-order chi connectivity index (χ0) is 8.81. The molecule has 4 heteroatoms. The molecule has 3 N–H and O–H groups in total. The third kappa shape index (κ3) is 2.62. The SMILES string of the molecule is N#CNC(=N)NC1=CCCCC1. The van der Waals surface area contributed by atoms with Gasteiger partial charge in [-0.1, -0.05) is 6.08 Å². The molecule has 4 nitrogen and oxygen atoms in total. The minimum Gasteiger partial charge on any atom is -0.330 e. The van der Waals surface area contributed by atoms with Gasteiger partial charge in [-0.25, -0.2) is 0 Å². The van der Waals surface area contributed by atoms with Gasteiger partial charge in [0.1, 0.15) is 0 Å². The summed E-state index contributed by atoms with van der Waals surface area (Å²) < 4.78 is 0. The molecule has 0 spiro atoms. The van der Waals surface area contributed by atoms with Crippen molar-refractivity contribution >= 4 is 5.96 Å². The van der Waals surface area contributed by atoms with Crippen molar-refractivity contribution in [1.29, 1.82) is 10.7 Å². The second-order valence-corrected chi connectivity index (χ2v) is 2.71. The fourth-order valence-electron chi connectivity index (χ4n) is 1.20. The molecular formula is C8H12N4. The molecule has 0 atom stereocenters. The highest BCUT2D eigenvalue weighted by atomic mass is 15.1. The Bertz CT molecular complexity index is 236. The van der Waals surface area contributed by atoms with Crippen LogP contribution in [0, 0.1) is 16.9 Å². The number of nitriles is 1. The number of rotatable bonds is 1. The molecule has 0 heterocycles. The molecule has 0 radical (unpaired) electrons. The maximum absolute atomic E-state index is 8.20. The molecule has 0 fully saturated rings. The molecule has 0 aromatic carbocycles. The molecule has 0 amide bonds. The Morgan fingerprint density at radius 3 is 3.00 bits per heavy atom. The molecule has 0 aromatic rings. The minimum absolute atomic E-state index is 0.0608. The van der Waals surface area contributed by atoms with E-state index in [1.807, 2.05) is 0 Å². The molecule has 0 aromatic heterocycles. The van der Waals surface area contributed by atoms with E-state index in [2.05, 4.69) is 16.7 Å². The van der Waals surface area contributed by atoms with Crippen LogP contribution in [0.2, 0.25) is 0 Å². The summed E-state index contributed by atoms with van der Waals surface area (Å²) in [6, 6.07) is 0. The van der Waals surface area contributed by atoms with E-state index in [0.717, 1.165) is 18.5 Å². The zero-order valence-electron chi connectivity index (χ0n) is 6.85. The maximum atomic E-state index is 8.20. The van der Waals surface area contributed by atoms with Gasteiger partial charge in [-0.15, -0.1) is 0 Å². The normalized spacial score (nSPS) is 15.8. The lowest BCUT2D eigenvalue weighted by molar-refractivity contribution is 0.678. The highest BCUT2D eigenvalue weighted by Crippen LogP contribution is 2.14. The Morgan fingerprint density at radius 1 is 1.58 bits per heavy atom. The van der Waals surface area contributed by atoms with Crippen molar-refractivity contribution < 1.29 is 0 Å². The standard InChI is InChI=1S/C8H12N4/c9-6-11-8(10)12-7-4-2-1-3-5-7/h4H,1-3,5H2,(H3,10,11,12). The first-order chi connectivity index (χ1) is 5.83. The van der Waals surface area contributed by atoms with E-state index >= 15 is 0 Å². The first kappa shape index (κ1) is 8.60. The lowest BCUT2D eigenvalue weighted by Crippen LogP contribution is -2.33. The number of allylic oxidation sites excluding steroid dienone is 2. The van der Waals surface area contributed by atoms with Crippen LogP contribution in [-0.4, -0.2) is 5.96 Å². The molecule has 1 aliphatic carbocycles. The van der Waals surface area contributed by atoms with Crippen LogP contribution in [0.1, 0.15) is 25.7 Å². The molecule has 0 aliphatic heterocycles. The first-order valence-electron chi connectivity index (χ1n) is 4.02. The summed E-state index contributed by atoms with van der Waals surface area (Å²) in [7, 11) is 0. The summed E-state index contributed by atoms with van der Waals surface area (Å²) in [5, 5.41) is 20.5. The van der Waals surface area contributed by atoms with E-state index in [4.69, 9.17) is 10.7 Å². The summed E-state index contributed by atoms with van der Waals surface area (Å²) in [5.41, 5.74) is 1.05. The largest absolute Gasteiger partial charge is 0.330 e. The molecule has 0 saturated carbocycles. The van der Waals surface area contributed by atoms with Crippen molar-refractivity contribution in [1.82, 2.24) is 10.6 Å². The van der Waals surface area contributed by atoms with Gasteiger partial charge in [-0.05, 0) is 25.7 Å². The first-order valence-corrected chi connectivity index (χ1v) is 4.02. The minimum atomic E-state index is 0.0608. The second kappa shape index (κ2) is 4.39. The summed E-state index contributed by atoms with van der Waals surface area (Å²) >= 11 is 0. The predicted octanol–water partition coefficient (Wildman–Crippen LogP) is 1.04. The smallest absolute Gasteiger partial charge is 0.206 e. The third-order valence-electron chi connectivity index (χ3n) is 1.76. The molecule has 1 rings (SSSR count). The predicted molar refractivity (Wildman–Crippen MR) is 46.2 cm³/mol. The van der Waals surface area contributed by atoms with Crippen LogP contribution in [0.15, 0.2) is 11.8 Å². The highest BCUT2D eigenvalue weighted by molar-refractivity contribution is 5.79. The summed E-state index contributed by atoms with van der Waals surface area (Å²) in [6.45, 7) is 0. The topological polar surface area (TPSA) is 71.7 Å². The summed E-state index contributed by atoms with van der Waals surface area (Å²) in [4.78, 5) is 0. The van der Waals surface area contributed by atoms with Crippen molar-refractivity contribution in [2.24, 2.45) is 0 Å². The quantitative estimate of drug-likeness (QED) is 0.235. The Labute approximate surface area is 71.8 Å². The third-order valence-corrected chi connectivity index (χ3v) is 1.76. The van der Waals surface area contributed by atoms with Gasteiger partial charge in [0.2, 0.25) is 5.96 Å². The Kier molecular flexibility index (Phi) is 3.15. The van der Waals surface area contributed by atoms with E-state index in [9.17, 15) is 0 Å². The van der Waals surface area contributed by atoms with Gasteiger partial charge in [-0.3, -0.25) is 10.7 Å². The van der Waals surface area contributed by atoms with Crippen LogP contribution in [0.5, 0.6) is 0 Å². The monoisotopic (exact) mass is 164 g/mol. The van der Waals surface area contributed by atoms with Gasteiger partial charge in [-0.2, -0.15) is 5.26 Å². The van der Waals surface area contributed by atoms with Gasteiger partial charge in [0.15, 0.2) is 6.19 Å². The fraction of sp³-hybridized carbons (Fsp3) is 0.500. The van der Waals surface area contributed by atoms with Crippen LogP contribution < -0.4 is 10.6 Å². The average molecular weight is 164 g/mol. The molecule has 64 valence electrons. The van der Waals surface area contributed by atoms with Crippen molar-refractivity contribution in [3.63, 3.8) is 0 Å². The number of nitrogens with one attached hydrogen (secondary N) is 3. The van der Waals surface area contributed by atoms with E-state index < -0.39 is 0 Å². The van der Waals surface area contributed by atoms with Crippen LogP contribution in [0.3, 0.4) is 0 Å². The molecule has 0 saturated heterocycles. The van der Waals surface area contributed by atoms with E-state index in [0.29, 0.717) is 0 Å². The van der Waals surface area contributed by atoms with Gasteiger partial charge in [0.25, 0.3) is 0 Å². The van der Waals surface area contributed by atoms with Crippen molar-refractivity contribution in [2.75, 3.05) is 0 Å². The van der Waals surface area contributed by atoms with Gasteiger partial charge >= 0.3 is 0 Å². The van der Waals surface area contributed by atoms with Crippen LogP contribution in [0.4, 0.5) is 0 Å². The molecule has 0 bridgehead atoms. The van der Waals surface area contributed by atoms with E-state index in [1.54, 1.807) is 6.19 Å². The number of hydrogen-bond donors (Lipinski definition) is 3. The highest BCUT2D eigenvalue weighted by Gasteiger charge is 2.03. The van der Waals surface area contributed by atoms with Crippen LogP contribution >= 0.6 is 0 Å². The number of guanidine groups is 1. The summed E-state index contributed by atoms with van der Waals surface area (Å²) in [5.74, 6) is 0.0608. The van der Waals surface area contributed by atoms with Crippen molar-refractivity contribution in [2.45, 2.75) is 25.7 Å². The van der Waals surface area contributed by atoms with E-state index in [-0.39, 0.29) is 5.96 Å². The Balaban J connectivity index is 2.35. The lowest BCUT2D eigenvalue weighted by atomic mass is 10.1. The Morgan fingerprint density at radius 2 is 2.42 bits per heavy atom. The van der Waals surface area contributed by atoms with Crippen LogP contribution in [0.25, 0.3) is 0 Å². The van der Waals surface area contributed by atoms with Gasteiger partial charge in [0.05, 0.1) is 0 Å².